The van der Waals surface area contributed by atoms with Gasteiger partial charge in [0.15, 0.2) is 6.04 Å². The summed E-state index contributed by atoms with van der Waals surface area (Å²) < 4.78 is 0. The summed E-state index contributed by atoms with van der Waals surface area (Å²) in [6, 6.07) is 12.1. The van der Waals surface area contributed by atoms with Gasteiger partial charge >= 0.3 is 5.97 Å². The van der Waals surface area contributed by atoms with Crippen LogP contribution in [-0.4, -0.2) is 11.1 Å². The molecule has 0 saturated carbocycles. The Morgan fingerprint density at radius 2 is 1.70 bits per heavy atom. The highest BCUT2D eigenvalue weighted by Crippen LogP contribution is 2.27. The fraction of sp³-hybridized carbons (Fsp3) is 0.188. The minimum absolute atomic E-state index is 0.646. The summed E-state index contributed by atoms with van der Waals surface area (Å²) in [5, 5.41) is 12.6. The SMILES string of the molecule is Cc1cc(N)cc(C)c1C(Nc1ccccc1)C(=O)O. The normalized spacial score (nSPS) is 11.9. The molecule has 0 aliphatic rings. The summed E-state index contributed by atoms with van der Waals surface area (Å²) in [4.78, 5) is 11.6. The van der Waals surface area contributed by atoms with Gasteiger partial charge in [0.1, 0.15) is 0 Å². The highest BCUT2D eigenvalue weighted by atomic mass is 16.4. The Morgan fingerprint density at radius 3 is 2.20 bits per heavy atom. The van der Waals surface area contributed by atoms with Crippen LogP contribution >= 0.6 is 0 Å². The second-order valence-electron chi connectivity index (χ2n) is 4.85. The lowest BCUT2D eigenvalue weighted by Crippen LogP contribution is -2.22. The summed E-state index contributed by atoms with van der Waals surface area (Å²) in [5.41, 5.74) is 9.72. The van der Waals surface area contributed by atoms with Gasteiger partial charge in [-0.25, -0.2) is 4.79 Å². The van der Waals surface area contributed by atoms with Gasteiger partial charge < -0.3 is 16.2 Å². The van der Waals surface area contributed by atoms with Gasteiger partial charge in [-0.3, -0.25) is 0 Å². The lowest BCUT2D eigenvalue weighted by atomic mass is 9.95. The number of carboxylic acid groups (broad SMARTS) is 1. The molecule has 0 aromatic heterocycles. The number of nitrogen functional groups attached to an aromatic ring is 1. The van der Waals surface area contributed by atoms with Crippen molar-refractivity contribution >= 4 is 17.3 Å². The number of nitrogens with one attached hydrogen (secondary N) is 1. The minimum Gasteiger partial charge on any atom is -0.479 e. The molecule has 4 N–H and O–H groups in total. The maximum atomic E-state index is 11.6. The Hall–Kier alpha value is -2.49. The molecule has 1 unspecified atom stereocenters. The molecule has 0 spiro atoms. The fourth-order valence-electron chi connectivity index (χ4n) is 2.42. The van der Waals surface area contributed by atoms with Crippen LogP contribution in [0.3, 0.4) is 0 Å². The van der Waals surface area contributed by atoms with Gasteiger partial charge in [-0.15, -0.1) is 0 Å². The monoisotopic (exact) mass is 270 g/mol. The largest absolute Gasteiger partial charge is 0.479 e. The molecule has 20 heavy (non-hydrogen) atoms. The maximum absolute atomic E-state index is 11.6. The van der Waals surface area contributed by atoms with E-state index in [1.165, 1.54) is 0 Å². The Morgan fingerprint density at radius 1 is 1.15 bits per heavy atom. The van der Waals surface area contributed by atoms with Crippen LogP contribution in [0.1, 0.15) is 22.7 Å². The van der Waals surface area contributed by atoms with Gasteiger partial charge in [0.2, 0.25) is 0 Å². The van der Waals surface area contributed by atoms with E-state index in [-0.39, 0.29) is 0 Å². The molecule has 1 atom stereocenters. The van der Waals surface area contributed by atoms with Crippen molar-refractivity contribution in [3.63, 3.8) is 0 Å². The van der Waals surface area contributed by atoms with Gasteiger partial charge in [0.05, 0.1) is 0 Å². The van der Waals surface area contributed by atoms with Crippen molar-refractivity contribution in [1.82, 2.24) is 0 Å². The number of para-hydroxylation sites is 1. The van der Waals surface area contributed by atoms with Gasteiger partial charge in [0, 0.05) is 11.4 Å². The van der Waals surface area contributed by atoms with Crippen molar-refractivity contribution in [3.8, 4) is 0 Å². The molecule has 2 aromatic carbocycles. The predicted molar refractivity (Wildman–Crippen MR) is 80.8 cm³/mol. The Balaban J connectivity index is 2.42. The van der Waals surface area contributed by atoms with Crippen LogP contribution in [0.2, 0.25) is 0 Å². The van der Waals surface area contributed by atoms with Gasteiger partial charge in [-0.05, 0) is 54.8 Å². The van der Waals surface area contributed by atoms with Crippen molar-refractivity contribution in [2.24, 2.45) is 0 Å². The smallest absolute Gasteiger partial charge is 0.330 e. The Labute approximate surface area is 118 Å². The molecule has 4 nitrogen and oxygen atoms in total. The average molecular weight is 270 g/mol. The number of aryl methyl sites for hydroxylation is 2. The van der Waals surface area contributed by atoms with E-state index >= 15 is 0 Å². The number of anilines is 2. The molecule has 0 aliphatic heterocycles. The third kappa shape index (κ3) is 2.91. The molecule has 4 heteroatoms. The summed E-state index contributed by atoms with van der Waals surface area (Å²) in [6.07, 6.45) is 0. The van der Waals surface area contributed by atoms with Crippen molar-refractivity contribution in [1.29, 1.82) is 0 Å². The molecule has 0 heterocycles. The Bertz CT molecular complexity index is 601. The van der Waals surface area contributed by atoms with Gasteiger partial charge in [-0.1, -0.05) is 18.2 Å². The standard InChI is InChI=1S/C16H18N2O2/c1-10-8-12(17)9-11(2)14(10)15(16(19)20)18-13-6-4-3-5-7-13/h3-9,15,18H,17H2,1-2H3,(H,19,20). The van der Waals surface area contributed by atoms with E-state index in [1.54, 1.807) is 12.1 Å². The number of hydrogen-bond acceptors (Lipinski definition) is 3. The number of hydrogen-bond donors (Lipinski definition) is 3. The van der Waals surface area contributed by atoms with Crippen molar-refractivity contribution in [2.45, 2.75) is 19.9 Å². The van der Waals surface area contributed by atoms with Crippen LogP contribution in [0, 0.1) is 13.8 Å². The third-order valence-electron chi connectivity index (χ3n) is 3.24. The topological polar surface area (TPSA) is 75.3 Å². The van der Waals surface area contributed by atoms with Crippen LogP contribution in [0.15, 0.2) is 42.5 Å². The zero-order valence-corrected chi connectivity index (χ0v) is 11.6. The van der Waals surface area contributed by atoms with E-state index in [4.69, 9.17) is 5.73 Å². The molecule has 0 bridgehead atoms. The highest BCUT2D eigenvalue weighted by Gasteiger charge is 2.23. The Kier molecular flexibility index (Phi) is 3.94. The molecule has 0 amide bonds. The van der Waals surface area contributed by atoms with Gasteiger partial charge in [-0.2, -0.15) is 0 Å². The van der Waals surface area contributed by atoms with E-state index < -0.39 is 12.0 Å². The zero-order chi connectivity index (χ0) is 14.7. The third-order valence-corrected chi connectivity index (χ3v) is 3.24. The van der Waals surface area contributed by atoms with Crippen molar-refractivity contribution in [2.75, 3.05) is 11.1 Å². The van der Waals surface area contributed by atoms with Crippen LogP contribution in [0.5, 0.6) is 0 Å². The van der Waals surface area contributed by atoms with E-state index in [0.29, 0.717) is 5.69 Å². The summed E-state index contributed by atoms with van der Waals surface area (Å²) in [5.74, 6) is -0.912. The van der Waals surface area contributed by atoms with E-state index in [1.807, 2.05) is 44.2 Å². The molecule has 0 aliphatic carbocycles. The maximum Gasteiger partial charge on any atom is 0.330 e. The molecule has 0 radical (unpaired) electrons. The minimum atomic E-state index is -0.912. The number of carbonyl (C=O) groups is 1. The lowest BCUT2D eigenvalue weighted by molar-refractivity contribution is -0.138. The molecule has 0 fully saturated rings. The second kappa shape index (κ2) is 5.65. The molecular formula is C16H18N2O2. The quantitative estimate of drug-likeness (QED) is 0.746. The summed E-state index contributed by atoms with van der Waals surface area (Å²) in [7, 11) is 0. The predicted octanol–water partition coefficient (Wildman–Crippen LogP) is 3.12. The second-order valence-corrected chi connectivity index (χ2v) is 4.85. The first-order valence-corrected chi connectivity index (χ1v) is 6.40. The molecule has 2 aromatic rings. The first-order valence-electron chi connectivity index (χ1n) is 6.40. The van der Waals surface area contributed by atoms with Crippen molar-refractivity contribution < 1.29 is 9.90 Å². The van der Waals surface area contributed by atoms with E-state index in [2.05, 4.69) is 5.32 Å². The number of benzene rings is 2. The van der Waals surface area contributed by atoms with Crippen LogP contribution in [-0.2, 0) is 4.79 Å². The number of nitrogens with two attached hydrogens (primary N) is 1. The first-order chi connectivity index (χ1) is 9.49. The summed E-state index contributed by atoms with van der Waals surface area (Å²) >= 11 is 0. The number of aliphatic carboxylic acids is 1. The molecule has 104 valence electrons. The van der Waals surface area contributed by atoms with Crippen LogP contribution in [0.25, 0.3) is 0 Å². The van der Waals surface area contributed by atoms with E-state index in [0.717, 1.165) is 22.4 Å². The average Bonchev–Trinajstić information content (AvgIpc) is 2.37. The number of carboxylic acids is 1. The molecule has 2 rings (SSSR count). The summed E-state index contributed by atoms with van der Waals surface area (Å²) in [6.45, 7) is 3.75. The van der Waals surface area contributed by atoms with Gasteiger partial charge in [0.25, 0.3) is 0 Å². The van der Waals surface area contributed by atoms with Crippen LogP contribution in [0.4, 0.5) is 11.4 Å². The molecule has 0 saturated heterocycles. The first kappa shape index (κ1) is 13.9. The lowest BCUT2D eigenvalue weighted by Gasteiger charge is -2.21. The van der Waals surface area contributed by atoms with Crippen molar-refractivity contribution in [3.05, 3.63) is 59.2 Å². The number of rotatable bonds is 4. The highest BCUT2D eigenvalue weighted by molar-refractivity contribution is 5.80. The fourth-order valence-corrected chi connectivity index (χ4v) is 2.42. The zero-order valence-electron chi connectivity index (χ0n) is 11.6. The molecular weight excluding hydrogens is 252 g/mol. The van der Waals surface area contributed by atoms with E-state index in [9.17, 15) is 9.90 Å². The van der Waals surface area contributed by atoms with Crippen LogP contribution < -0.4 is 11.1 Å².